The van der Waals surface area contributed by atoms with Crippen molar-refractivity contribution in [2.24, 2.45) is 0 Å². The van der Waals surface area contributed by atoms with Gasteiger partial charge in [0.2, 0.25) is 0 Å². The first-order valence-corrected chi connectivity index (χ1v) is 10.9. The number of hydrogen-bond donors (Lipinski definition) is 3. The second kappa shape index (κ2) is 7.51. The Kier molecular flexibility index (Phi) is 4.76. The molecule has 1 aliphatic heterocycles. The molecular formula is C23H27N7O2. The SMILES string of the molecule is CC(C)(C)OC(=O)N1CCC(c2nc3c(N)nc4cc(-c5cc[nH]n5)ccc4c3[nH]2)CC1. The smallest absolute Gasteiger partial charge is 0.410 e. The topological polar surface area (TPSA) is 126 Å². The zero-order valence-electron chi connectivity index (χ0n) is 18.5. The molecule has 1 saturated heterocycles. The van der Waals surface area contributed by atoms with Crippen molar-refractivity contribution in [1.29, 1.82) is 0 Å². The monoisotopic (exact) mass is 433 g/mol. The molecule has 1 fully saturated rings. The highest BCUT2D eigenvalue weighted by atomic mass is 16.6. The number of imidazole rings is 1. The van der Waals surface area contributed by atoms with Crippen LogP contribution in [0.5, 0.6) is 0 Å². The molecule has 0 bridgehead atoms. The van der Waals surface area contributed by atoms with Gasteiger partial charge in [-0.3, -0.25) is 5.10 Å². The highest BCUT2D eigenvalue weighted by molar-refractivity contribution is 6.07. The van der Waals surface area contributed by atoms with Crippen molar-refractivity contribution in [3.05, 3.63) is 36.3 Å². The Hall–Kier alpha value is -3.62. The second-order valence-corrected chi connectivity index (χ2v) is 9.28. The molecule has 9 nitrogen and oxygen atoms in total. The minimum Gasteiger partial charge on any atom is -0.444 e. The van der Waals surface area contributed by atoms with Gasteiger partial charge in [-0.25, -0.2) is 14.8 Å². The van der Waals surface area contributed by atoms with Crippen molar-refractivity contribution in [2.45, 2.75) is 45.1 Å². The zero-order valence-corrected chi connectivity index (χ0v) is 18.5. The van der Waals surface area contributed by atoms with Crippen LogP contribution in [-0.4, -0.2) is 54.8 Å². The van der Waals surface area contributed by atoms with Crippen molar-refractivity contribution in [1.82, 2.24) is 30.0 Å². The molecule has 166 valence electrons. The lowest BCUT2D eigenvalue weighted by Crippen LogP contribution is -2.41. The number of fused-ring (bicyclic) bond motifs is 3. The maximum atomic E-state index is 12.4. The number of nitrogens with two attached hydrogens (primary N) is 1. The molecule has 3 aromatic heterocycles. The van der Waals surface area contributed by atoms with E-state index in [1.54, 1.807) is 11.1 Å². The van der Waals surface area contributed by atoms with Crippen LogP contribution in [0, 0.1) is 0 Å². The summed E-state index contributed by atoms with van der Waals surface area (Å²) in [6.45, 7) is 6.92. The number of carbonyl (C=O) groups is 1. The first-order chi connectivity index (χ1) is 15.3. The van der Waals surface area contributed by atoms with Gasteiger partial charge in [0.15, 0.2) is 5.82 Å². The number of nitrogens with zero attached hydrogens (tertiary/aromatic N) is 4. The number of aromatic nitrogens is 5. The molecule has 0 atom stereocenters. The van der Waals surface area contributed by atoms with Crippen LogP contribution in [0.4, 0.5) is 10.6 Å². The van der Waals surface area contributed by atoms with Crippen LogP contribution < -0.4 is 5.73 Å². The van der Waals surface area contributed by atoms with E-state index in [-0.39, 0.29) is 12.0 Å². The number of amides is 1. The van der Waals surface area contributed by atoms with E-state index >= 15 is 0 Å². The number of carbonyl (C=O) groups excluding carboxylic acids is 1. The van der Waals surface area contributed by atoms with Crippen LogP contribution in [0.3, 0.4) is 0 Å². The lowest BCUT2D eigenvalue weighted by Gasteiger charge is -2.32. The third kappa shape index (κ3) is 3.74. The van der Waals surface area contributed by atoms with Gasteiger partial charge in [0.05, 0.1) is 16.7 Å². The number of anilines is 1. The number of pyridine rings is 1. The number of benzene rings is 1. The predicted octanol–water partition coefficient (Wildman–Crippen LogP) is 4.20. The van der Waals surface area contributed by atoms with E-state index < -0.39 is 5.60 Å². The van der Waals surface area contributed by atoms with E-state index in [4.69, 9.17) is 15.5 Å². The number of hydrogen-bond acceptors (Lipinski definition) is 6. The molecule has 5 rings (SSSR count). The summed E-state index contributed by atoms with van der Waals surface area (Å²) >= 11 is 0. The Bertz CT molecular complexity index is 1280. The van der Waals surface area contributed by atoms with Gasteiger partial charge >= 0.3 is 6.09 Å². The van der Waals surface area contributed by atoms with Gasteiger partial charge in [-0.1, -0.05) is 6.07 Å². The van der Waals surface area contributed by atoms with Crippen molar-refractivity contribution >= 4 is 33.8 Å². The van der Waals surface area contributed by atoms with Gasteiger partial charge < -0.3 is 20.4 Å². The molecule has 0 unspecified atom stereocenters. The molecule has 9 heteroatoms. The molecule has 32 heavy (non-hydrogen) atoms. The summed E-state index contributed by atoms with van der Waals surface area (Å²) in [5.74, 6) is 1.51. The van der Waals surface area contributed by atoms with E-state index in [0.717, 1.165) is 46.3 Å². The van der Waals surface area contributed by atoms with Crippen LogP contribution in [0.2, 0.25) is 0 Å². The number of likely N-dealkylation sites (tertiary alicyclic amines) is 1. The molecule has 0 radical (unpaired) electrons. The summed E-state index contributed by atoms with van der Waals surface area (Å²) in [5.41, 5.74) is 9.99. The quantitative estimate of drug-likeness (QED) is 0.435. The molecule has 0 aliphatic carbocycles. The van der Waals surface area contributed by atoms with Crippen molar-refractivity contribution in [2.75, 3.05) is 18.8 Å². The molecule has 1 amide bonds. The average Bonchev–Trinajstić information content (AvgIpc) is 3.43. The fourth-order valence-corrected chi connectivity index (χ4v) is 4.23. The van der Waals surface area contributed by atoms with Gasteiger partial charge in [-0.05, 0) is 51.8 Å². The lowest BCUT2D eigenvalue weighted by molar-refractivity contribution is 0.0203. The fourth-order valence-electron chi connectivity index (χ4n) is 4.23. The maximum Gasteiger partial charge on any atom is 0.410 e. The molecule has 0 saturated carbocycles. The number of aromatic amines is 2. The van der Waals surface area contributed by atoms with Crippen molar-refractivity contribution in [3.8, 4) is 11.3 Å². The summed E-state index contributed by atoms with van der Waals surface area (Å²) in [7, 11) is 0. The van der Waals surface area contributed by atoms with E-state index in [0.29, 0.717) is 24.4 Å². The summed E-state index contributed by atoms with van der Waals surface area (Å²) in [5, 5.41) is 8.05. The Morgan fingerprint density at radius 3 is 2.66 bits per heavy atom. The minimum atomic E-state index is -0.491. The van der Waals surface area contributed by atoms with Gasteiger partial charge in [0, 0.05) is 36.2 Å². The highest BCUT2D eigenvalue weighted by Crippen LogP contribution is 2.33. The third-order valence-corrected chi connectivity index (χ3v) is 5.80. The first-order valence-electron chi connectivity index (χ1n) is 10.9. The standard InChI is InChI=1S/C23H27N7O2/c1-23(2,3)32-22(31)30-10-7-13(8-11-30)21-27-18-15-5-4-14(16-6-9-25-29-16)12-17(15)26-20(24)19(18)28-21/h4-6,9,12-13H,7-8,10-11H2,1-3H3,(H2,24,26)(H,25,29)(H,27,28). The molecule has 1 aliphatic rings. The molecule has 1 aromatic carbocycles. The van der Waals surface area contributed by atoms with Crippen LogP contribution >= 0.6 is 0 Å². The normalized spacial score (nSPS) is 15.5. The number of ether oxygens (including phenoxy) is 1. The van der Waals surface area contributed by atoms with Crippen LogP contribution in [0.15, 0.2) is 30.5 Å². The third-order valence-electron chi connectivity index (χ3n) is 5.80. The lowest BCUT2D eigenvalue weighted by atomic mass is 9.96. The number of nitrogen functional groups attached to an aromatic ring is 1. The van der Waals surface area contributed by atoms with E-state index in [1.165, 1.54) is 0 Å². The maximum absolute atomic E-state index is 12.4. The molecule has 4 aromatic rings. The van der Waals surface area contributed by atoms with E-state index in [9.17, 15) is 4.79 Å². The van der Waals surface area contributed by atoms with Gasteiger partial charge in [0.25, 0.3) is 0 Å². The molecule has 0 spiro atoms. The Labute approximate surface area is 185 Å². The highest BCUT2D eigenvalue weighted by Gasteiger charge is 2.29. The molecule has 4 heterocycles. The van der Waals surface area contributed by atoms with Crippen molar-refractivity contribution < 1.29 is 9.53 Å². The zero-order chi connectivity index (χ0) is 22.5. The Morgan fingerprint density at radius 1 is 1.19 bits per heavy atom. The van der Waals surface area contributed by atoms with Gasteiger partial charge in [-0.15, -0.1) is 0 Å². The number of rotatable bonds is 2. The summed E-state index contributed by atoms with van der Waals surface area (Å²) in [6.07, 6.45) is 3.16. The number of H-pyrrole nitrogens is 2. The van der Waals surface area contributed by atoms with Crippen LogP contribution in [0.1, 0.15) is 45.4 Å². The van der Waals surface area contributed by atoms with E-state index in [1.807, 2.05) is 45.0 Å². The first kappa shape index (κ1) is 20.3. The molecule has 4 N–H and O–H groups in total. The average molecular weight is 434 g/mol. The van der Waals surface area contributed by atoms with Gasteiger partial charge in [-0.2, -0.15) is 5.10 Å². The number of piperidine rings is 1. The van der Waals surface area contributed by atoms with Crippen molar-refractivity contribution in [3.63, 3.8) is 0 Å². The molecular weight excluding hydrogens is 406 g/mol. The summed E-state index contributed by atoms with van der Waals surface area (Å²) < 4.78 is 5.50. The summed E-state index contributed by atoms with van der Waals surface area (Å²) in [4.78, 5) is 27.0. The van der Waals surface area contributed by atoms with Crippen LogP contribution in [-0.2, 0) is 4.74 Å². The van der Waals surface area contributed by atoms with E-state index in [2.05, 4.69) is 20.2 Å². The largest absolute Gasteiger partial charge is 0.444 e. The minimum absolute atomic E-state index is 0.221. The Balaban J connectivity index is 1.41. The Morgan fingerprint density at radius 2 is 1.97 bits per heavy atom. The second-order valence-electron chi connectivity index (χ2n) is 9.28. The predicted molar refractivity (Wildman–Crippen MR) is 123 cm³/mol. The summed E-state index contributed by atoms with van der Waals surface area (Å²) in [6, 6.07) is 7.96. The number of nitrogens with one attached hydrogen (secondary N) is 2. The van der Waals surface area contributed by atoms with Crippen LogP contribution in [0.25, 0.3) is 33.2 Å². The van der Waals surface area contributed by atoms with Gasteiger partial charge in [0.1, 0.15) is 16.9 Å². The fraction of sp³-hybridized carbons (Fsp3) is 0.391.